The Morgan fingerprint density at radius 1 is 0.339 bits per heavy atom. The van der Waals surface area contributed by atoms with Gasteiger partial charge in [-0.2, -0.15) is 0 Å². The van der Waals surface area contributed by atoms with Crippen LogP contribution < -0.4 is 0 Å². The number of hydrogen-bond donors (Lipinski definition) is 0. The van der Waals surface area contributed by atoms with Gasteiger partial charge in [-0.15, -0.1) is 0 Å². The van der Waals surface area contributed by atoms with Gasteiger partial charge < -0.3 is 14.2 Å². The molecule has 0 heterocycles. The predicted molar refractivity (Wildman–Crippen MR) is 265 cm³/mol. The molecule has 0 aliphatic rings. The maximum atomic E-state index is 12.8. The van der Waals surface area contributed by atoms with Crippen LogP contribution in [0.15, 0.2) is 72.9 Å². The van der Waals surface area contributed by atoms with Gasteiger partial charge in [0.05, 0.1) is 0 Å². The van der Waals surface area contributed by atoms with E-state index >= 15 is 0 Å². The fourth-order valence-electron chi connectivity index (χ4n) is 7.13. The van der Waals surface area contributed by atoms with E-state index in [0.717, 1.165) is 96.3 Å². The highest BCUT2D eigenvalue weighted by Gasteiger charge is 2.19. The van der Waals surface area contributed by atoms with Crippen LogP contribution in [0.5, 0.6) is 0 Å². The van der Waals surface area contributed by atoms with Crippen molar-refractivity contribution in [3.05, 3.63) is 72.9 Å². The summed E-state index contributed by atoms with van der Waals surface area (Å²) in [6, 6.07) is 0. The number of carbonyl (C=O) groups excluding carboxylic acids is 3. The number of allylic oxidation sites excluding steroid dienone is 12. The van der Waals surface area contributed by atoms with Gasteiger partial charge in [0, 0.05) is 19.3 Å². The first-order chi connectivity index (χ1) is 30.5. The molecule has 0 saturated carbocycles. The average molecular weight is 865 g/mol. The van der Waals surface area contributed by atoms with Crippen LogP contribution in [0.3, 0.4) is 0 Å². The fraction of sp³-hybridized carbons (Fsp3) is 0.732. The Kier molecular flexibility index (Phi) is 47.9. The van der Waals surface area contributed by atoms with Crippen molar-refractivity contribution >= 4 is 17.9 Å². The second-order valence-electron chi connectivity index (χ2n) is 17.0. The van der Waals surface area contributed by atoms with Gasteiger partial charge in [0.15, 0.2) is 6.10 Å². The molecule has 0 aromatic rings. The Balaban J connectivity index is 4.40. The monoisotopic (exact) mass is 865 g/mol. The average Bonchev–Trinajstić information content (AvgIpc) is 3.27. The van der Waals surface area contributed by atoms with Gasteiger partial charge in [-0.05, 0) is 77.0 Å². The zero-order chi connectivity index (χ0) is 45.1. The fourth-order valence-corrected chi connectivity index (χ4v) is 7.13. The molecule has 0 N–H and O–H groups in total. The molecule has 6 heteroatoms. The van der Waals surface area contributed by atoms with E-state index in [1.165, 1.54) is 103 Å². The third-order valence-corrected chi connectivity index (χ3v) is 11.0. The minimum atomic E-state index is -0.800. The van der Waals surface area contributed by atoms with E-state index in [2.05, 4.69) is 93.7 Å². The van der Waals surface area contributed by atoms with Gasteiger partial charge in [0.1, 0.15) is 13.2 Å². The van der Waals surface area contributed by atoms with Crippen LogP contribution in [0.1, 0.15) is 245 Å². The summed E-state index contributed by atoms with van der Waals surface area (Å²) in [5, 5.41) is 0. The summed E-state index contributed by atoms with van der Waals surface area (Å²) in [4.78, 5) is 37.9. The van der Waals surface area contributed by atoms with Crippen molar-refractivity contribution < 1.29 is 28.6 Å². The highest BCUT2D eigenvalue weighted by atomic mass is 16.6. The summed E-state index contributed by atoms with van der Waals surface area (Å²) in [5.74, 6) is -0.962. The van der Waals surface area contributed by atoms with Gasteiger partial charge in [0.2, 0.25) is 0 Å². The highest BCUT2D eigenvalue weighted by molar-refractivity contribution is 5.71. The van der Waals surface area contributed by atoms with Crippen LogP contribution in [0, 0.1) is 0 Å². The van der Waals surface area contributed by atoms with E-state index in [1.54, 1.807) is 0 Å². The lowest BCUT2D eigenvalue weighted by Gasteiger charge is -2.18. The van der Waals surface area contributed by atoms with Crippen LogP contribution in [-0.2, 0) is 28.6 Å². The van der Waals surface area contributed by atoms with E-state index in [0.29, 0.717) is 19.3 Å². The van der Waals surface area contributed by atoms with Gasteiger partial charge in [-0.3, -0.25) is 14.4 Å². The molecule has 0 aliphatic heterocycles. The van der Waals surface area contributed by atoms with Gasteiger partial charge in [-0.25, -0.2) is 0 Å². The van der Waals surface area contributed by atoms with Crippen LogP contribution in [0.4, 0.5) is 0 Å². The third-order valence-electron chi connectivity index (χ3n) is 11.0. The van der Waals surface area contributed by atoms with E-state index in [1.807, 2.05) is 0 Å². The molecule has 6 nitrogen and oxygen atoms in total. The lowest BCUT2D eigenvalue weighted by molar-refractivity contribution is -0.167. The zero-order valence-corrected chi connectivity index (χ0v) is 40.6. The number of esters is 3. The molecule has 0 aromatic heterocycles. The first kappa shape index (κ1) is 58.9. The van der Waals surface area contributed by atoms with E-state index in [9.17, 15) is 14.4 Å². The second-order valence-corrected chi connectivity index (χ2v) is 17.0. The normalized spacial score (nSPS) is 12.6. The molecule has 0 fully saturated rings. The van der Waals surface area contributed by atoms with Gasteiger partial charge >= 0.3 is 17.9 Å². The second kappa shape index (κ2) is 50.5. The SMILES string of the molecule is CC/C=C\C/C=C\C/C=C\CCCCCCCCC(=O)OC(COC(=O)CCC/C=C\C/C=C\C/C=C\CC)COC(=O)CCCCCCCCCCCCCCCCCCC. The van der Waals surface area contributed by atoms with Crippen molar-refractivity contribution in [3.63, 3.8) is 0 Å². The van der Waals surface area contributed by atoms with Crippen molar-refractivity contribution in [1.82, 2.24) is 0 Å². The third kappa shape index (κ3) is 47.9. The molecule has 0 radical (unpaired) electrons. The van der Waals surface area contributed by atoms with Crippen LogP contribution in [0.2, 0.25) is 0 Å². The Bertz CT molecular complexity index is 1180. The Labute approximate surface area is 382 Å². The standard InChI is InChI=1S/C56H96O6/c1-4-7-10-13-16-19-22-24-26-28-30-31-34-37-40-43-46-49-55(58)61-52-53(51-60-54(57)48-45-42-39-36-33-21-18-15-12-9-6-3)62-56(59)50-47-44-41-38-35-32-29-27-25-23-20-17-14-11-8-5-2/h8-9,11-12,17-18,20-21,25,27,36,39,53H,4-7,10,13-16,19,22-24,26,28-35,37-38,40-52H2,1-3H3/b11-8-,12-9-,20-17-,21-18-,27-25-,39-36-. The molecule has 0 rings (SSSR count). The Morgan fingerprint density at radius 2 is 0.645 bits per heavy atom. The lowest BCUT2D eigenvalue weighted by atomic mass is 10.0. The quantitative estimate of drug-likeness (QED) is 0.0262. The van der Waals surface area contributed by atoms with Crippen LogP contribution >= 0.6 is 0 Å². The Morgan fingerprint density at radius 3 is 1.05 bits per heavy atom. The summed E-state index contributed by atoms with van der Waals surface area (Å²) in [5.41, 5.74) is 0. The van der Waals surface area contributed by atoms with Gasteiger partial charge in [-0.1, -0.05) is 222 Å². The van der Waals surface area contributed by atoms with Crippen molar-refractivity contribution in [2.24, 2.45) is 0 Å². The highest BCUT2D eigenvalue weighted by Crippen LogP contribution is 2.15. The van der Waals surface area contributed by atoms with Crippen molar-refractivity contribution in [2.75, 3.05) is 13.2 Å². The van der Waals surface area contributed by atoms with E-state index < -0.39 is 6.10 Å². The number of carbonyl (C=O) groups is 3. The number of ether oxygens (including phenoxy) is 3. The minimum Gasteiger partial charge on any atom is -0.462 e. The molecular formula is C56H96O6. The summed E-state index contributed by atoms with van der Waals surface area (Å²) >= 11 is 0. The molecule has 1 unspecified atom stereocenters. The maximum Gasteiger partial charge on any atom is 0.306 e. The molecule has 0 aliphatic carbocycles. The van der Waals surface area contributed by atoms with Crippen molar-refractivity contribution in [3.8, 4) is 0 Å². The molecule has 0 amide bonds. The first-order valence-corrected chi connectivity index (χ1v) is 25.9. The molecule has 0 bridgehead atoms. The van der Waals surface area contributed by atoms with Crippen LogP contribution in [-0.4, -0.2) is 37.2 Å². The zero-order valence-electron chi connectivity index (χ0n) is 40.6. The molecule has 0 spiro atoms. The van der Waals surface area contributed by atoms with E-state index in [-0.39, 0.29) is 37.5 Å². The molecule has 62 heavy (non-hydrogen) atoms. The van der Waals surface area contributed by atoms with Gasteiger partial charge in [0.25, 0.3) is 0 Å². The molecule has 1 atom stereocenters. The summed E-state index contributed by atoms with van der Waals surface area (Å²) in [7, 11) is 0. The predicted octanol–water partition coefficient (Wildman–Crippen LogP) is 17.0. The van der Waals surface area contributed by atoms with Crippen molar-refractivity contribution in [1.29, 1.82) is 0 Å². The minimum absolute atomic E-state index is 0.0949. The number of rotatable bonds is 46. The lowest BCUT2D eigenvalue weighted by Crippen LogP contribution is -2.30. The number of unbranched alkanes of at least 4 members (excludes halogenated alkanes) is 23. The van der Waals surface area contributed by atoms with Crippen molar-refractivity contribution in [2.45, 2.75) is 252 Å². The first-order valence-electron chi connectivity index (χ1n) is 25.9. The van der Waals surface area contributed by atoms with E-state index in [4.69, 9.17) is 14.2 Å². The molecule has 0 aromatic carbocycles. The molecule has 356 valence electrons. The van der Waals surface area contributed by atoms with Crippen LogP contribution in [0.25, 0.3) is 0 Å². The largest absolute Gasteiger partial charge is 0.462 e. The summed E-state index contributed by atoms with van der Waals surface area (Å²) < 4.78 is 16.7. The topological polar surface area (TPSA) is 78.9 Å². The summed E-state index contributed by atoms with van der Waals surface area (Å²) in [6.07, 6.45) is 63.3. The Hall–Kier alpha value is -3.15. The smallest absolute Gasteiger partial charge is 0.306 e. The number of hydrogen-bond acceptors (Lipinski definition) is 6. The summed E-state index contributed by atoms with van der Waals surface area (Å²) in [6.45, 7) is 6.36. The molecular weight excluding hydrogens is 769 g/mol. The maximum absolute atomic E-state index is 12.8. The molecule has 0 saturated heterocycles.